The summed E-state index contributed by atoms with van der Waals surface area (Å²) < 4.78 is 11.3. The fraction of sp³-hybridized carbons (Fsp3) is 0.167. The average molecular weight is 423 g/mol. The quantitative estimate of drug-likeness (QED) is 0.407. The fourth-order valence-corrected chi connectivity index (χ4v) is 2.99. The van der Waals surface area contributed by atoms with Gasteiger partial charge in [0.05, 0.1) is 6.21 Å². The van der Waals surface area contributed by atoms with Crippen molar-refractivity contribution in [1.82, 2.24) is 5.43 Å². The van der Waals surface area contributed by atoms with Crippen LogP contribution in [0.5, 0.6) is 11.5 Å². The van der Waals surface area contributed by atoms with E-state index < -0.39 is 0 Å². The van der Waals surface area contributed by atoms with Gasteiger partial charge in [-0.25, -0.2) is 5.43 Å². The molecule has 3 aromatic carbocycles. The molecule has 1 amide bonds. The summed E-state index contributed by atoms with van der Waals surface area (Å²) in [7, 11) is 0. The zero-order valence-corrected chi connectivity index (χ0v) is 17.6. The zero-order valence-electron chi connectivity index (χ0n) is 16.9. The molecule has 0 heterocycles. The summed E-state index contributed by atoms with van der Waals surface area (Å²) in [6, 6.07) is 20.8. The van der Waals surface area contributed by atoms with Crippen LogP contribution in [0.3, 0.4) is 0 Å². The van der Waals surface area contributed by atoms with Gasteiger partial charge in [0.25, 0.3) is 5.91 Å². The lowest BCUT2D eigenvalue weighted by Crippen LogP contribution is -2.24. The van der Waals surface area contributed by atoms with Gasteiger partial charge in [-0.05, 0) is 73.0 Å². The van der Waals surface area contributed by atoms with E-state index >= 15 is 0 Å². The van der Waals surface area contributed by atoms with Gasteiger partial charge < -0.3 is 9.47 Å². The first-order valence-electron chi connectivity index (χ1n) is 9.49. The Balaban J connectivity index is 1.44. The topological polar surface area (TPSA) is 59.9 Å². The number of rotatable bonds is 8. The van der Waals surface area contributed by atoms with Crippen LogP contribution in [-0.2, 0) is 11.4 Å². The summed E-state index contributed by atoms with van der Waals surface area (Å²) >= 11 is 6.13. The molecule has 5 nitrogen and oxygen atoms in total. The Morgan fingerprint density at radius 2 is 1.67 bits per heavy atom. The normalized spacial score (nSPS) is 10.8. The lowest BCUT2D eigenvalue weighted by Gasteiger charge is -2.08. The van der Waals surface area contributed by atoms with Crippen LogP contribution >= 0.6 is 11.6 Å². The van der Waals surface area contributed by atoms with Gasteiger partial charge in [-0.2, -0.15) is 5.10 Å². The minimum Gasteiger partial charge on any atom is -0.489 e. The van der Waals surface area contributed by atoms with Crippen LogP contribution in [0.15, 0.2) is 71.8 Å². The van der Waals surface area contributed by atoms with Gasteiger partial charge in [-0.3, -0.25) is 4.79 Å². The van der Waals surface area contributed by atoms with Crippen molar-refractivity contribution in [1.29, 1.82) is 0 Å². The molecule has 6 heteroatoms. The summed E-state index contributed by atoms with van der Waals surface area (Å²) in [6.07, 6.45) is 1.56. The number of hydrogen-bond donors (Lipinski definition) is 1. The van der Waals surface area contributed by atoms with Gasteiger partial charge in [0.2, 0.25) is 0 Å². The minimum atomic E-state index is -0.329. The number of nitrogens with zero attached hydrogens (tertiary/aromatic N) is 1. The standard InChI is InChI=1S/C24H23ClN2O3/c1-17-11-18(2)13-22(12-17)30-16-24(28)27-26-14-19-7-9-21(10-8-19)29-15-20-5-3-4-6-23(20)25/h3-14H,15-16H2,1-2H3,(H,27,28). The number of carbonyl (C=O) groups is 1. The molecule has 0 saturated carbocycles. The van der Waals surface area contributed by atoms with Crippen molar-refractivity contribution in [3.05, 3.63) is 94.0 Å². The molecule has 0 aliphatic heterocycles. The van der Waals surface area contributed by atoms with Gasteiger partial charge in [0, 0.05) is 10.6 Å². The number of nitrogens with one attached hydrogen (secondary N) is 1. The Hall–Kier alpha value is -3.31. The highest BCUT2D eigenvalue weighted by Crippen LogP contribution is 2.19. The van der Waals surface area contributed by atoms with E-state index in [1.165, 1.54) is 0 Å². The molecule has 154 valence electrons. The summed E-state index contributed by atoms with van der Waals surface area (Å²) in [5, 5.41) is 4.64. The van der Waals surface area contributed by atoms with Crippen molar-refractivity contribution in [2.24, 2.45) is 5.10 Å². The Morgan fingerprint density at radius 1 is 0.967 bits per heavy atom. The molecule has 0 aliphatic carbocycles. The van der Waals surface area contributed by atoms with E-state index in [1.54, 1.807) is 6.21 Å². The Bertz CT molecular complexity index is 1010. The lowest BCUT2D eigenvalue weighted by atomic mass is 10.1. The number of carbonyl (C=O) groups excluding carboxylic acids is 1. The van der Waals surface area contributed by atoms with E-state index in [0.717, 1.165) is 28.0 Å². The Labute approximate surface area is 181 Å². The van der Waals surface area contributed by atoms with Crippen molar-refractivity contribution < 1.29 is 14.3 Å². The average Bonchev–Trinajstić information content (AvgIpc) is 2.72. The Kier molecular flexibility index (Phi) is 7.46. The second-order valence-electron chi connectivity index (χ2n) is 6.85. The lowest BCUT2D eigenvalue weighted by molar-refractivity contribution is -0.123. The van der Waals surface area contributed by atoms with Crippen LogP contribution in [0, 0.1) is 13.8 Å². The highest BCUT2D eigenvalue weighted by atomic mass is 35.5. The first-order valence-corrected chi connectivity index (χ1v) is 9.87. The fourth-order valence-electron chi connectivity index (χ4n) is 2.80. The summed E-state index contributed by atoms with van der Waals surface area (Å²) in [6.45, 7) is 4.26. The van der Waals surface area contributed by atoms with Crippen LogP contribution in [0.1, 0.15) is 22.3 Å². The maximum absolute atomic E-state index is 11.9. The third-order valence-corrected chi connectivity index (χ3v) is 4.57. The number of hydrazone groups is 1. The third kappa shape index (κ3) is 6.64. The van der Waals surface area contributed by atoms with E-state index in [1.807, 2.05) is 80.6 Å². The zero-order chi connectivity index (χ0) is 21.3. The number of halogens is 1. The first kappa shape index (κ1) is 21.4. The van der Waals surface area contributed by atoms with Crippen LogP contribution in [0.4, 0.5) is 0 Å². The van der Waals surface area contributed by atoms with E-state index in [-0.39, 0.29) is 12.5 Å². The number of amides is 1. The summed E-state index contributed by atoms with van der Waals surface area (Å²) in [4.78, 5) is 11.9. The molecule has 0 spiro atoms. The van der Waals surface area contributed by atoms with Crippen molar-refractivity contribution in [2.45, 2.75) is 20.5 Å². The van der Waals surface area contributed by atoms with E-state index in [4.69, 9.17) is 21.1 Å². The number of hydrogen-bond acceptors (Lipinski definition) is 4. The van der Waals surface area contributed by atoms with Gasteiger partial charge in [0.15, 0.2) is 6.61 Å². The maximum atomic E-state index is 11.9. The van der Waals surface area contributed by atoms with Crippen molar-refractivity contribution >= 4 is 23.7 Å². The van der Waals surface area contributed by atoms with Gasteiger partial charge in [0.1, 0.15) is 18.1 Å². The van der Waals surface area contributed by atoms with E-state index in [2.05, 4.69) is 10.5 Å². The second kappa shape index (κ2) is 10.5. The predicted octanol–water partition coefficient (Wildman–Crippen LogP) is 5.06. The smallest absolute Gasteiger partial charge is 0.277 e. The molecule has 0 bridgehead atoms. The molecule has 0 fully saturated rings. The van der Waals surface area contributed by atoms with Crippen LogP contribution in [0.25, 0.3) is 0 Å². The molecule has 3 rings (SSSR count). The van der Waals surface area contributed by atoms with E-state index in [0.29, 0.717) is 17.4 Å². The van der Waals surface area contributed by atoms with Crippen molar-refractivity contribution in [3.63, 3.8) is 0 Å². The monoisotopic (exact) mass is 422 g/mol. The largest absolute Gasteiger partial charge is 0.489 e. The van der Waals surface area contributed by atoms with Crippen LogP contribution < -0.4 is 14.9 Å². The SMILES string of the molecule is Cc1cc(C)cc(OCC(=O)NN=Cc2ccc(OCc3ccccc3Cl)cc2)c1. The maximum Gasteiger partial charge on any atom is 0.277 e. The molecule has 0 radical (unpaired) electrons. The van der Waals surface area contributed by atoms with Gasteiger partial charge >= 0.3 is 0 Å². The van der Waals surface area contributed by atoms with Gasteiger partial charge in [-0.1, -0.05) is 35.9 Å². The first-order chi connectivity index (χ1) is 14.5. The van der Waals surface area contributed by atoms with Crippen molar-refractivity contribution in [2.75, 3.05) is 6.61 Å². The predicted molar refractivity (Wildman–Crippen MR) is 119 cm³/mol. The van der Waals surface area contributed by atoms with E-state index in [9.17, 15) is 4.79 Å². The number of aryl methyl sites for hydroxylation is 2. The van der Waals surface area contributed by atoms with Crippen LogP contribution in [-0.4, -0.2) is 18.7 Å². The molecule has 3 aromatic rings. The number of benzene rings is 3. The number of ether oxygens (including phenoxy) is 2. The highest BCUT2D eigenvalue weighted by Gasteiger charge is 2.03. The van der Waals surface area contributed by atoms with Crippen LogP contribution in [0.2, 0.25) is 5.02 Å². The molecule has 1 N–H and O–H groups in total. The molecule has 0 atom stereocenters. The van der Waals surface area contributed by atoms with Gasteiger partial charge in [-0.15, -0.1) is 0 Å². The molecule has 0 aromatic heterocycles. The molecular formula is C24H23ClN2O3. The second-order valence-corrected chi connectivity index (χ2v) is 7.26. The third-order valence-electron chi connectivity index (χ3n) is 4.20. The molecule has 0 unspecified atom stereocenters. The molecule has 0 aliphatic rings. The molecule has 30 heavy (non-hydrogen) atoms. The highest BCUT2D eigenvalue weighted by molar-refractivity contribution is 6.31. The molecular weight excluding hydrogens is 400 g/mol. The summed E-state index contributed by atoms with van der Waals surface area (Å²) in [5.41, 5.74) is 6.39. The minimum absolute atomic E-state index is 0.102. The van der Waals surface area contributed by atoms with Crippen molar-refractivity contribution in [3.8, 4) is 11.5 Å². The molecule has 0 saturated heterocycles. The Morgan fingerprint density at radius 3 is 2.37 bits per heavy atom. The summed E-state index contributed by atoms with van der Waals surface area (Å²) in [5.74, 6) is 1.06.